The van der Waals surface area contributed by atoms with Crippen LogP contribution in [0.4, 0.5) is 0 Å². The second-order valence-electron chi connectivity index (χ2n) is 6.50. The molecule has 0 saturated heterocycles. The van der Waals surface area contributed by atoms with Gasteiger partial charge in [0.05, 0.1) is 38.6 Å². The van der Waals surface area contributed by atoms with Crippen LogP contribution in [0.1, 0.15) is 16.8 Å². The third-order valence-electron chi connectivity index (χ3n) is 4.88. The molecule has 0 spiro atoms. The van der Waals surface area contributed by atoms with Crippen molar-refractivity contribution in [3.8, 4) is 22.8 Å². The number of carbonyl (C=O) groups excluding carboxylic acids is 1. The van der Waals surface area contributed by atoms with Crippen LogP contribution in [0.5, 0.6) is 11.5 Å². The van der Waals surface area contributed by atoms with Gasteiger partial charge in [0.1, 0.15) is 11.5 Å². The van der Waals surface area contributed by atoms with Crippen molar-refractivity contribution >= 4 is 5.91 Å². The summed E-state index contributed by atoms with van der Waals surface area (Å²) in [6, 6.07) is 15.5. The molecular formula is C21H21N3O3. The minimum atomic E-state index is 0.0934. The van der Waals surface area contributed by atoms with Gasteiger partial charge in [-0.25, -0.2) is 0 Å². The fourth-order valence-electron chi connectivity index (χ4n) is 3.42. The topological polar surface area (TPSA) is 67.4 Å². The maximum Gasteiger partial charge on any atom is 0.227 e. The summed E-state index contributed by atoms with van der Waals surface area (Å²) in [6.07, 6.45) is 0.329. The van der Waals surface area contributed by atoms with Gasteiger partial charge in [-0.1, -0.05) is 24.3 Å². The van der Waals surface area contributed by atoms with Crippen LogP contribution in [0.25, 0.3) is 11.3 Å². The van der Waals surface area contributed by atoms with Gasteiger partial charge in [-0.05, 0) is 29.8 Å². The summed E-state index contributed by atoms with van der Waals surface area (Å²) in [4.78, 5) is 14.6. The largest absolute Gasteiger partial charge is 0.497 e. The molecule has 6 nitrogen and oxygen atoms in total. The van der Waals surface area contributed by atoms with Crippen molar-refractivity contribution in [2.45, 2.75) is 19.5 Å². The molecule has 0 saturated carbocycles. The number of carbonyl (C=O) groups is 1. The van der Waals surface area contributed by atoms with E-state index in [9.17, 15) is 4.79 Å². The molecule has 27 heavy (non-hydrogen) atoms. The van der Waals surface area contributed by atoms with E-state index in [-0.39, 0.29) is 5.91 Å². The zero-order chi connectivity index (χ0) is 18.8. The molecule has 2 aromatic carbocycles. The van der Waals surface area contributed by atoms with E-state index < -0.39 is 0 Å². The normalized spacial score (nSPS) is 13.4. The summed E-state index contributed by atoms with van der Waals surface area (Å²) in [5.74, 6) is 1.65. The number of ether oxygens (including phenoxy) is 2. The Morgan fingerprint density at radius 2 is 1.85 bits per heavy atom. The molecule has 1 aliphatic heterocycles. The summed E-state index contributed by atoms with van der Waals surface area (Å²) in [5.41, 5.74) is 4.69. The zero-order valence-electron chi connectivity index (χ0n) is 15.4. The van der Waals surface area contributed by atoms with Crippen molar-refractivity contribution in [1.82, 2.24) is 15.1 Å². The molecule has 0 fully saturated rings. The molecule has 2 heterocycles. The Kier molecular flexibility index (Phi) is 4.54. The highest BCUT2D eigenvalue weighted by Crippen LogP contribution is 2.34. The number of methoxy groups -OCH3 is 2. The number of rotatable bonds is 5. The number of aromatic amines is 1. The molecule has 1 aliphatic rings. The van der Waals surface area contributed by atoms with Crippen LogP contribution < -0.4 is 9.47 Å². The fourth-order valence-corrected chi connectivity index (χ4v) is 3.42. The predicted octanol–water partition coefficient (Wildman–Crippen LogP) is 3.18. The fraction of sp³-hybridized carbons (Fsp3) is 0.238. The van der Waals surface area contributed by atoms with Crippen molar-refractivity contribution in [3.63, 3.8) is 0 Å². The molecule has 6 heteroatoms. The lowest BCUT2D eigenvalue weighted by atomic mass is 9.98. The van der Waals surface area contributed by atoms with Crippen molar-refractivity contribution < 1.29 is 14.3 Å². The molecule has 3 aromatic rings. The van der Waals surface area contributed by atoms with Crippen LogP contribution in [-0.2, 0) is 24.3 Å². The lowest BCUT2D eigenvalue weighted by molar-refractivity contribution is -0.132. The Balaban J connectivity index is 1.58. The summed E-state index contributed by atoms with van der Waals surface area (Å²) in [5, 5.41) is 7.59. The Morgan fingerprint density at radius 3 is 2.59 bits per heavy atom. The standard InChI is InChI=1S/C21H21N3O3/c1-26-15-9-7-14(8-10-15)12-24-13-18-17(11-20(24)25)21(23-22-18)16-5-3-4-6-19(16)27-2/h3-10H,11-13H2,1-2H3,(H,22,23). The van der Waals surface area contributed by atoms with Crippen LogP contribution in [0.2, 0.25) is 0 Å². The van der Waals surface area contributed by atoms with Crippen molar-refractivity contribution in [3.05, 3.63) is 65.4 Å². The number of hydrogen-bond donors (Lipinski definition) is 1. The number of fused-ring (bicyclic) bond motifs is 1. The second-order valence-corrected chi connectivity index (χ2v) is 6.50. The van der Waals surface area contributed by atoms with Crippen molar-refractivity contribution in [2.24, 2.45) is 0 Å². The summed E-state index contributed by atoms with van der Waals surface area (Å²) in [6.45, 7) is 1.08. The van der Waals surface area contributed by atoms with Gasteiger partial charge in [0.25, 0.3) is 0 Å². The first kappa shape index (κ1) is 17.1. The maximum absolute atomic E-state index is 12.7. The second kappa shape index (κ2) is 7.15. The summed E-state index contributed by atoms with van der Waals surface area (Å²) >= 11 is 0. The predicted molar refractivity (Wildman–Crippen MR) is 102 cm³/mol. The minimum Gasteiger partial charge on any atom is -0.497 e. The minimum absolute atomic E-state index is 0.0934. The van der Waals surface area contributed by atoms with Gasteiger partial charge in [0.2, 0.25) is 5.91 Å². The van der Waals surface area contributed by atoms with Crippen LogP contribution in [0.15, 0.2) is 48.5 Å². The van der Waals surface area contributed by atoms with Gasteiger partial charge in [0.15, 0.2) is 0 Å². The number of amides is 1. The third-order valence-corrected chi connectivity index (χ3v) is 4.88. The maximum atomic E-state index is 12.7. The Hall–Kier alpha value is -3.28. The van der Waals surface area contributed by atoms with Crippen LogP contribution in [0, 0.1) is 0 Å². The Bertz CT molecular complexity index is 963. The molecule has 0 unspecified atom stereocenters. The van der Waals surface area contributed by atoms with E-state index >= 15 is 0 Å². The van der Waals surface area contributed by atoms with Crippen LogP contribution in [0.3, 0.4) is 0 Å². The first-order valence-electron chi connectivity index (χ1n) is 8.80. The van der Waals surface area contributed by atoms with E-state index in [1.807, 2.05) is 53.4 Å². The lowest BCUT2D eigenvalue weighted by Gasteiger charge is -2.27. The molecule has 1 N–H and O–H groups in total. The molecule has 0 radical (unpaired) electrons. The van der Waals surface area contributed by atoms with Crippen LogP contribution >= 0.6 is 0 Å². The average molecular weight is 363 g/mol. The number of H-pyrrole nitrogens is 1. The smallest absolute Gasteiger partial charge is 0.227 e. The van der Waals surface area contributed by atoms with E-state index in [0.717, 1.165) is 39.6 Å². The van der Waals surface area contributed by atoms with Crippen molar-refractivity contribution in [1.29, 1.82) is 0 Å². The highest BCUT2D eigenvalue weighted by Gasteiger charge is 2.28. The van der Waals surface area contributed by atoms with Gasteiger partial charge in [-0.3, -0.25) is 9.89 Å². The quantitative estimate of drug-likeness (QED) is 0.756. The molecule has 138 valence electrons. The third kappa shape index (κ3) is 3.26. The number of nitrogens with zero attached hydrogens (tertiary/aromatic N) is 2. The number of nitrogens with one attached hydrogen (secondary N) is 1. The zero-order valence-corrected chi connectivity index (χ0v) is 15.4. The number of benzene rings is 2. The molecule has 4 rings (SSSR count). The van der Waals surface area contributed by atoms with Gasteiger partial charge >= 0.3 is 0 Å². The van der Waals surface area contributed by atoms with Crippen molar-refractivity contribution in [2.75, 3.05) is 14.2 Å². The van der Waals surface area contributed by atoms with Gasteiger partial charge in [-0.15, -0.1) is 0 Å². The molecule has 1 amide bonds. The van der Waals surface area contributed by atoms with Gasteiger partial charge in [0, 0.05) is 17.7 Å². The molecule has 0 atom stereocenters. The average Bonchev–Trinajstić information content (AvgIpc) is 3.11. The molecular weight excluding hydrogens is 342 g/mol. The Morgan fingerprint density at radius 1 is 1.07 bits per heavy atom. The summed E-state index contributed by atoms with van der Waals surface area (Å²) < 4.78 is 10.6. The van der Waals surface area contributed by atoms with Crippen LogP contribution in [-0.4, -0.2) is 35.2 Å². The Labute approximate surface area is 157 Å². The van der Waals surface area contributed by atoms with E-state index in [0.29, 0.717) is 19.5 Å². The van der Waals surface area contributed by atoms with Gasteiger partial charge < -0.3 is 14.4 Å². The molecule has 1 aromatic heterocycles. The highest BCUT2D eigenvalue weighted by atomic mass is 16.5. The first-order valence-corrected chi connectivity index (χ1v) is 8.80. The van der Waals surface area contributed by atoms with E-state index in [2.05, 4.69) is 10.2 Å². The lowest BCUT2D eigenvalue weighted by Crippen LogP contribution is -2.35. The highest BCUT2D eigenvalue weighted by molar-refractivity contribution is 5.84. The number of para-hydroxylation sites is 1. The SMILES string of the molecule is COc1ccc(CN2Cc3[nH]nc(-c4ccccc4OC)c3CC2=O)cc1. The monoisotopic (exact) mass is 363 g/mol. The number of hydrogen-bond acceptors (Lipinski definition) is 4. The molecule has 0 aliphatic carbocycles. The van der Waals surface area contributed by atoms with E-state index in [4.69, 9.17) is 9.47 Å². The summed E-state index contributed by atoms with van der Waals surface area (Å²) in [7, 11) is 3.28. The van der Waals surface area contributed by atoms with E-state index in [1.165, 1.54) is 0 Å². The van der Waals surface area contributed by atoms with E-state index in [1.54, 1.807) is 14.2 Å². The number of aromatic nitrogens is 2. The first-order chi connectivity index (χ1) is 13.2. The molecule has 0 bridgehead atoms. The van der Waals surface area contributed by atoms with Gasteiger partial charge in [-0.2, -0.15) is 5.10 Å².